The number of amides is 1. The number of hydrogen-bond acceptors (Lipinski definition) is 5. The molecule has 122 valence electrons. The molecule has 0 bridgehead atoms. The van der Waals surface area contributed by atoms with Crippen molar-refractivity contribution in [3.8, 4) is 0 Å². The molecule has 2 heterocycles. The highest BCUT2D eigenvalue weighted by molar-refractivity contribution is 6.03. The Morgan fingerprint density at radius 2 is 2.04 bits per heavy atom. The summed E-state index contributed by atoms with van der Waals surface area (Å²) < 4.78 is 10.3. The van der Waals surface area contributed by atoms with Gasteiger partial charge in [0.2, 0.25) is 0 Å². The Bertz CT molecular complexity index is 853. The number of pyridine rings is 1. The van der Waals surface area contributed by atoms with Crippen LogP contribution in [-0.4, -0.2) is 23.5 Å². The van der Waals surface area contributed by atoms with Crippen molar-refractivity contribution >= 4 is 22.8 Å². The van der Waals surface area contributed by atoms with Crippen LogP contribution in [0.1, 0.15) is 29.1 Å². The first-order chi connectivity index (χ1) is 11.6. The van der Waals surface area contributed by atoms with E-state index in [1.54, 1.807) is 43.5 Å². The van der Waals surface area contributed by atoms with Crippen LogP contribution in [-0.2, 0) is 9.53 Å². The Balaban J connectivity index is 1.61. The van der Waals surface area contributed by atoms with Gasteiger partial charge in [0, 0.05) is 11.6 Å². The number of carbonyl (C=O) groups excluding carboxylic acids is 2. The standard InChI is InChI=1S/C18H16N2O4/c1-12(15-8-4-10-23-15)20-16(21)11-24-18(22)14-7-2-5-13-6-3-9-19-17(13)14/h2-10,12H,11H2,1H3,(H,20,21)/t12-/m1/s1. The summed E-state index contributed by atoms with van der Waals surface area (Å²) in [5.41, 5.74) is 0.884. The Hall–Kier alpha value is -3.15. The van der Waals surface area contributed by atoms with E-state index >= 15 is 0 Å². The molecular weight excluding hydrogens is 308 g/mol. The number of ether oxygens (including phenoxy) is 1. The van der Waals surface area contributed by atoms with Crippen molar-refractivity contribution in [2.24, 2.45) is 0 Å². The van der Waals surface area contributed by atoms with E-state index in [4.69, 9.17) is 9.15 Å². The van der Waals surface area contributed by atoms with Crippen molar-refractivity contribution in [3.63, 3.8) is 0 Å². The molecule has 2 aromatic heterocycles. The highest BCUT2D eigenvalue weighted by Crippen LogP contribution is 2.17. The van der Waals surface area contributed by atoms with Crippen molar-refractivity contribution in [3.05, 3.63) is 66.2 Å². The number of nitrogens with one attached hydrogen (secondary N) is 1. The lowest BCUT2D eigenvalue weighted by Crippen LogP contribution is -2.31. The molecule has 3 aromatic rings. The summed E-state index contributed by atoms with van der Waals surface area (Å²) in [6, 6.07) is 12.1. The van der Waals surface area contributed by atoms with Crippen LogP contribution in [0.25, 0.3) is 10.9 Å². The van der Waals surface area contributed by atoms with Gasteiger partial charge in [-0.3, -0.25) is 9.78 Å². The van der Waals surface area contributed by atoms with Gasteiger partial charge >= 0.3 is 5.97 Å². The van der Waals surface area contributed by atoms with Gasteiger partial charge in [0.1, 0.15) is 5.76 Å². The van der Waals surface area contributed by atoms with Crippen molar-refractivity contribution in [1.29, 1.82) is 0 Å². The van der Waals surface area contributed by atoms with Crippen LogP contribution in [0.15, 0.2) is 59.3 Å². The molecular formula is C18H16N2O4. The smallest absolute Gasteiger partial charge is 0.340 e. The second-order valence-electron chi connectivity index (χ2n) is 5.26. The van der Waals surface area contributed by atoms with Gasteiger partial charge in [0.05, 0.1) is 23.4 Å². The van der Waals surface area contributed by atoms with Crippen molar-refractivity contribution in [2.75, 3.05) is 6.61 Å². The van der Waals surface area contributed by atoms with E-state index in [0.717, 1.165) is 5.39 Å². The molecule has 1 N–H and O–H groups in total. The van der Waals surface area contributed by atoms with E-state index in [0.29, 0.717) is 16.8 Å². The number of esters is 1. The molecule has 0 spiro atoms. The average Bonchev–Trinajstić information content (AvgIpc) is 3.14. The molecule has 1 amide bonds. The van der Waals surface area contributed by atoms with Gasteiger partial charge in [-0.15, -0.1) is 0 Å². The second-order valence-corrected chi connectivity index (χ2v) is 5.26. The number of aromatic nitrogens is 1. The Kier molecular flexibility index (Phi) is 4.56. The number of furan rings is 1. The molecule has 0 aliphatic heterocycles. The van der Waals surface area contributed by atoms with Crippen molar-refractivity contribution in [1.82, 2.24) is 10.3 Å². The van der Waals surface area contributed by atoms with Gasteiger partial charge in [-0.1, -0.05) is 18.2 Å². The summed E-state index contributed by atoms with van der Waals surface area (Å²) in [5.74, 6) is -0.353. The van der Waals surface area contributed by atoms with Crippen molar-refractivity contribution in [2.45, 2.75) is 13.0 Å². The highest BCUT2D eigenvalue weighted by Gasteiger charge is 2.16. The van der Waals surface area contributed by atoms with Gasteiger partial charge in [0.25, 0.3) is 5.91 Å². The van der Waals surface area contributed by atoms with Gasteiger partial charge in [-0.2, -0.15) is 0 Å². The Morgan fingerprint density at radius 3 is 2.83 bits per heavy atom. The molecule has 3 rings (SSSR count). The molecule has 0 radical (unpaired) electrons. The average molecular weight is 324 g/mol. The SMILES string of the molecule is C[C@@H](NC(=O)COC(=O)c1cccc2cccnc12)c1ccco1. The van der Waals surface area contributed by atoms with Crippen LogP contribution >= 0.6 is 0 Å². The van der Waals surface area contributed by atoms with Crippen molar-refractivity contribution < 1.29 is 18.7 Å². The minimum Gasteiger partial charge on any atom is -0.467 e. The molecule has 1 atom stereocenters. The number of para-hydroxylation sites is 1. The zero-order chi connectivity index (χ0) is 16.9. The topological polar surface area (TPSA) is 81.4 Å². The largest absolute Gasteiger partial charge is 0.467 e. The summed E-state index contributed by atoms with van der Waals surface area (Å²) in [7, 11) is 0. The summed E-state index contributed by atoms with van der Waals surface area (Å²) >= 11 is 0. The number of fused-ring (bicyclic) bond motifs is 1. The molecule has 0 fully saturated rings. The maximum Gasteiger partial charge on any atom is 0.340 e. The van der Waals surface area contributed by atoms with E-state index in [1.165, 1.54) is 6.26 Å². The van der Waals surface area contributed by atoms with Gasteiger partial charge in [-0.05, 0) is 31.2 Å². The minimum atomic E-state index is -0.583. The number of carbonyl (C=O) groups is 2. The first-order valence-electron chi connectivity index (χ1n) is 7.49. The van der Waals surface area contributed by atoms with E-state index < -0.39 is 11.9 Å². The number of rotatable bonds is 5. The van der Waals surface area contributed by atoms with E-state index in [1.807, 2.05) is 12.1 Å². The third-order valence-corrected chi connectivity index (χ3v) is 3.53. The molecule has 0 aliphatic carbocycles. The first kappa shape index (κ1) is 15.7. The van der Waals surface area contributed by atoms with Crippen LogP contribution in [0, 0.1) is 0 Å². The molecule has 0 saturated carbocycles. The normalized spacial score (nSPS) is 11.9. The first-order valence-corrected chi connectivity index (χ1v) is 7.49. The maximum absolute atomic E-state index is 12.2. The molecule has 6 heteroatoms. The Labute approximate surface area is 138 Å². The lowest BCUT2D eigenvalue weighted by Gasteiger charge is -2.12. The number of benzene rings is 1. The van der Waals surface area contributed by atoms with Gasteiger partial charge in [0.15, 0.2) is 6.61 Å². The molecule has 6 nitrogen and oxygen atoms in total. The van der Waals surface area contributed by atoms with E-state index in [9.17, 15) is 9.59 Å². The fraction of sp³-hybridized carbons (Fsp3) is 0.167. The highest BCUT2D eigenvalue weighted by atomic mass is 16.5. The zero-order valence-electron chi connectivity index (χ0n) is 13.1. The lowest BCUT2D eigenvalue weighted by molar-refractivity contribution is -0.125. The third-order valence-electron chi connectivity index (χ3n) is 3.53. The van der Waals surface area contributed by atoms with Gasteiger partial charge in [-0.25, -0.2) is 4.79 Å². The third kappa shape index (κ3) is 3.43. The minimum absolute atomic E-state index is 0.301. The molecule has 1 aromatic carbocycles. The monoisotopic (exact) mass is 324 g/mol. The molecule has 0 aliphatic rings. The number of hydrogen-bond donors (Lipinski definition) is 1. The zero-order valence-corrected chi connectivity index (χ0v) is 13.1. The summed E-state index contributed by atoms with van der Waals surface area (Å²) in [5, 5.41) is 3.54. The summed E-state index contributed by atoms with van der Waals surface area (Å²) in [4.78, 5) is 28.3. The Morgan fingerprint density at radius 1 is 1.21 bits per heavy atom. The van der Waals surface area contributed by atoms with E-state index in [-0.39, 0.29) is 12.6 Å². The molecule has 0 saturated heterocycles. The maximum atomic E-state index is 12.2. The fourth-order valence-corrected chi connectivity index (χ4v) is 2.37. The van der Waals surface area contributed by atoms with Crippen LogP contribution in [0.4, 0.5) is 0 Å². The van der Waals surface area contributed by atoms with E-state index in [2.05, 4.69) is 10.3 Å². The van der Waals surface area contributed by atoms with Crippen LogP contribution in [0.5, 0.6) is 0 Å². The quantitative estimate of drug-likeness (QED) is 0.730. The predicted molar refractivity (Wildman–Crippen MR) is 87.3 cm³/mol. The summed E-state index contributed by atoms with van der Waals surface area (Å²) in [6.07, 6.45) is 3.14. The number of nitrogens with zero attached hydrogens (tertiary/aromatic N) is 1. The second kappa shape index (κ2) is 6.95. The van der Waals surface area contributed by atoms with Gasteiger partial charge < -0.3 is 14.5 Å². The lowest BCUT2D eigenvalue weighted by atomic mass is 10.1. The van der Waals surface area contributed by atoms with Crippen LogP contribution in [0.3, 0.4) is 0 Å². The van der Waals surface area contributed by atoms with Crippen LogP contribution in [0.2, 0.25) is 0 Å². The molecule has 0 unspecified atom stereocenters. The predicted octanol–water partition coefficient (Wildman–Crippen LogP) is 2.86. The fourth-order valence-electron chi connectivity index (χ4n) is 2.37. The molecule has 24 heavy (non-hydrogen) atoms. The summed E-state index contributed by atoms with van der Waals surface area (Å²) in [6.45, 7) is 1.42. The van der Waals surface area contributed by atoms with Crippen LogP contribution < -0.4 is 5.32 Å².